The molecule has 5 nitrogen and oxygen atoms in total. The third-order valence-corrected chi connectivity index (χ3v) is 5.91. The van der Waals surface area contributed by atoms with E-state index >= 15 is 0 Å². The second-order valence-corrected chi connectivity index (χ2v) is 8.46. The summed E-state index contributed by atoms with van der Waals surface area (Å²) in [6, 6.07) is 13.0. The largest absolute Gasteiger partial charge is 0.342 e. The summed E-state index contributed by atoms with van der Waals surface area (Å²) in [6.45, 7) is 6.01. The van der Waals surface area contributed by atoms with Crippen molar-refractivity contribution in [3.63, 3.8) is 0 Å². The molecule has 0 saturated carbocycles. The van der Waals surface area contributed by atoms with Gasteiger partial charge in [0.15, 0.2) is 0 Å². The van der Waals surface area contributed by atoms with Crippen LogP contribution in [-0.2, 0) is 17.8 Å². The molecule has 0 aliphatic carbocycles. The molecule has 0 spiro atoms. The van der Waals surface area contributed by atoms with E-state index in [4.69, 9.17) is 4.98 Å². The minimum absolute atomic E-state index is 0.164. The monoisotopic (exact) mass is 420 g/mol. The zero-order valence-corrected chi connectivity index (χ0v) is 18.2. The number of piperidine rings is 1. The first kappa shape index (κ1) is 21.2. The summed E-state index contributed by atoms with van der Waals surface area (Å²) in [7, 11) is 0. The highest BCUT2D eigenvalue weighted by Gasteiger charge is 2.26. The molecular weight excluding hydrogens is 391 g/mol. The Hall–Kier alpha value is -3.02. The maximum Gasteiger partial charge on any atom is 0.224 e. The van der Waals surface area contributed by atoms with E-state index in [1.807, 2.05) is 53.9 Å². The van der Waals surface area contributed by atoms with Crippen molar-refractivity contribution >= 4 is 5.91 Å². The second-order valence-electron chi connectivity index (χ2n) is 8.46. The molecular formula is C25H29FN4O. The Labute approximate surface area is 182 Å². The van der Waals surface area contributed by atoms with E-state index in [9.17, 15) is 9.18 Å². The topological polar surface area (TPSA) is 51.0 Å². The quantitative estimate of drug-likeness (QED) is 0.593. The highest BCUT2D eigenvalue weighted by Crippen LogP contribution is 2.28. The van der Waals surface area contributed by atoms with Crippen LogP contribution in [-0.4, -0.2) is 38.7 Å². The molecule has 0 radical (unpaired) electrons. The van der Waals surface area contributed by atoms with Crippen LogP contribution < -0.4 is 0 Å². The standard InChI is InChI=1S/C25H29FN4O/c1-18-9-12-30(28-18)13-10-25(31)29-11-5-7-22(17-29)24-16-20(14-19(2)27-24)15-21-6-3-4-8-23(21)26/h3-4,6,8-9,12,14,16,22H,5,7,10-11,13,15,17H2,1-2H3/t22-/m1/s1. The van der Waals surface area contributed by atoms with Crippen LogP contribution in [0.2, 0.25) is 0 Å². The van der Waals surface area contributed by atoms with Gasteiger partial charge in [-0.3, -0.25) is 14.5 Å². The summed E-state index contributed by atoms with van der Waals surface area (Å²) in [5.74, 6) is 0.196. The van der Waals surface area contributed by atoms with Crippen LogP contribution >= 0.6 is 0 Å². The number of hydrogen-bond acceptors (Lipinski definition) is 3. The van der Waals surface area contributed by atoms with Gasteiger partial charge >= 0.3 is 0 Å². The Morgan fingerprint density at radius 3 is 2.77 bits per heavy atom. The van der Waals surface area contributed by atoms with Crippen LogP contribution in [0.4, 0.5) is 4.39 Å². The van der Waals surface area contributed by atoms with Gasteiger partial charge in [0.05, 0.1) is 5.69 Å². The van der Waals surface area contributed by atoms with Crippen LogP contribution in [0, 0.1) is 19.7 Å². The summed E-state index contributed by atoms with van der Waals surface area (Å²) in [5.41, 5.74) is 4.65. The predicted octanol–water partition coefficient (Wildman–Crippen LogP) is 4.42. The van der Waals surface area contributed by atoms with Gasteiger partial charge in [0.25, 0.3) is 0 Å². The molecule has 0 unspecified atom stereocenters. The summed E-state index contributed by atoms with van der Waals surface area (Å²) in [4.78, 5) is 19.5. The van der Waals surface area contributed by atoms with Crippen molar-refractivity contribution in [1.29, 1.82) is 0 Å². The predicted molar refractivity (Wildman–Crippen MR) is 118 cm³/mol. The van der Waals surface area contributed by atoms with Gasteiger partial charge in [0.1, 0.15) is 5.82 Å². The van der Waals surface area contributed by atoms with Crippen molar-refractivity contribution in [1.82, 2.24) is 19.7 Å². The van der Waals surface area contributed by atoms with Crippen molar-refractivity contribution in [2.75, 3.05) is 13.1 Å². The Morgan fingerprint density at radius 1 is 1.16 bits per heavy atom. The molecule has 1 saturated heterocycles. The van der Waals surface area contributed by atoms with Gasteiger partial charge in [0, 0.05) is 56.0 Å². The molecule has 1 aromatic carbocycles. The second kappa shape index (κ2) is 9.41. The number of rotatable bonds is 6. The lowest BCUT2D eigenvalue weighted by Gasteiger charge is -2.33. The summed E-state index contributed by atoms with van der Waals surface area (Å²) >= 11 is 0. The highest BCUT2D eigenvalue weighted by molar-refractivity contribution is 5.76. The normalized spacial score (nSPS) is 16.5. The lowest BCUT2D eigenvalue weighted by atomic mass is 9.92. The van der Waals surface area contributed by atoms with Gasteiger partial charge in [0.2, 0.25) is 5.91 Å². The Kier molecular flexibility index (Phi) is 6.44. The third kappa shape index (κ3) is 5.37. The fourth-order valence-corrected chi connectivity index (χ4v) is 4.34. The molecule has 162 valence electrons. The molecule has 1 amide bonds. The number of likely N-dealkylation sites (tertiary alicyclic amines) is 1. The van der Waals surface area contributed by atoms with Crippen molar-refractivity contribution in [2.45, 2.75) is 52.0 Å². The first-order chi connectivity index (χ1) is 15.0. The Bertz CT molecular complexity index is 1060. The molecule has 3 aromatic rings. The molecule has 1 fully saturated rings. The van der Waals surface area contributed by atoms with E-state index in [1.165, 1.54) is 6.07 Å². The number of carbonyl (C=O) groups is 1. The van der Waals surface area contributed by atoms with Crippen molar-refractivity contribution in [3.05, 3.63) is 82.7 Å². The van der Waals surface area contributed by atoms with Crippen LogP contribution in [0.5, 0.6) is 0 Å². The molecule has 1 aliphatic rings. The summed E-state index contributed by atoms with van der Waals surface area (Å²) in [6.07, 6.45) is 4.89. The SMILES string of the molecule is Cc1cc(Cc2ccccc2F)cc([C@@H]2CCCN(C(=O)CCn3ccc(C)n3)C2)n1. The number of aromatic nitrogens is 3. The van der Waals surface area contributed by atoms with Crippen LogP contribution in [0.15, 0.2) is 48.7 Å². The molecule has 31 heavy (non-hydrogen) atoms. The minimum Gasteiger partial charge on any atom is -0.342 e. The number of halogens is 1. The van der Waals surface area contributed by atoms with Gasteiger partial charge in [-0.1, -0.05) is 18.2 Å². The molecule has 1 atom stereocenters. The minimum atomic E-state index is -0.180. The average molecular weight is 421 g/mol. The van der Waals surface area contributed by atoms with E-state index in [0.29, 0.717) is 31.5 Å². The molecule has 3 heterocycles. The molecule has 0 N–H and O–H groups in total. The van der Waals surface area contributed by atoms with E-state index in [1.54, 1.807) is 6.07 Å². The van der Waals surface area contributed by atoms with E-state index < -0.39 is 0 Å². The maximum atomic E-state index is 14.1. The molecule has 1 aliphatic heterocycles. The average Bonchev–Trinajstić information content (AvgIpc) is 3.18. The van der Waals surface area contributed by atoms with Crippen molar-refractivity contribution in [3.8, 4) is 0 Å². The van der Waals surface area contributed by atoms with Gasteiger partial charge < -0.3 is 4.90 Å². The summed E-state index contributed by atoms with van der Waals surface area (Å²) in [5, 5.41) is 4.36. The molecule has 6 heteroatoms. The zero-order valence-electron chi connectivity index (χ0n) is 18.2. The third-order valence-electron chi connectivity index (χ3n) is 5.91. The fourth-order valence-electron chi connectivity index (χ4n) is 4.34. The summed E-state index contributed by atoms with van der Waals surface area (Å²) < 4.78 is 15.9. The lowest BCUT2D eigenvalue weighted by molar-refractivity contribution is -0.132. The first-order valence-electron chi connectivity index (χ1n) is 11.0. The van der Waals surface area contributed by atoms with E-state index in [-0.39, 0.29) is 17.6 Å². The number of nitrogens with zero attached hydrogens (tertiary/aromatic N) is 4. The van der Waals surface area contributed by atoms with Crippen LogP contribution in [0.1, 0.15) is 53.4 Å². The Morgan fingerprint density at radius 2 is 2.00 bits per heavy atom. The molecule has 0 bridgehead atoms. The number of aryl methyl sites for hydroxylation is 3. The van der Waals surface area contributed by atoms with Crippen LogP contribution in [0.3, 0.4) is 0 Å². The van der Waals surface area contributed by atoms with E-state index in [0.717, 1.165) is 42.0 Å². The van der Waals surface area contributed by atoms with Gasteiger partial charge in [-0.15, -0.1) is 0 Å². The molecule has 4 rings (SSSR count). The van der Waals surface area contributed by atoms with Crippen molar-refractivity contribution < 1.29 is 9.18 Å². The van der Waals surface area contributed by atoms with Gasteiger partial charge in [-0.2, -0.15) is 5.10 Å². The van der Waals surface area contributed by atoms with E-state index in [2.05, 4.69) is 11.2 Å². The van der Waals surface area contributed by atoms with Crippen molar-refractivity contribution in [2.24, 2.45) is 0 Å². The number of benzene rings is 1. The number of pyridine rings is 1. The smallest absolute Gasteiger partial charge is 0.224 e. The highest BCUT2D eigenvalue weighted by atomic mass is 19.1. The lowest BCUT2D eigenvalue weighted by Crippen LogP contribution is -2.39. The zero-order chi connectivity index (χ0) is 21.8. The number of carbonyl (C=O) groups excluding carboxylic acids is 1. The van der Waals surface area contributed by atoms with Gasteiger partial charge in [-0.25, -0.2) is 4.39 Å². The Balaban J connectivity index is 1.43. The molecule has 2 aromatic heterocycles. The first-order valence-corrected chi connectivity index (χ1v) is 11.0. The van der Waals surface area contributed by atoms with Gasteiger partial charge in [-0.05, 0) is 62.1 Å². The van der Waals surface area contributed by atoms with Crippen LogP contribution in [0.25, 0.3) is 0 Å². The number of amides is 1. The number of hydrogen-bond donors (Lipinski definition) is 0. The maximum absolute atomic E-state index is 14.1. The fraction of sp³-hybridized carbons (Fsp3) is 0.400.